The molecular weight excluding hydrogens is 289 g/mol. The van der Waals surface area contributed by atoms with E-state index >= 15 is 0 Å². The van der Waals surface area contributed by atoms with Crippen LogP contribution in [0.15, 0.2) is 24.5 Å². The molecule has 1 amide bonds. The van der Waals surface area contributed by atoms with E-state index in [0.29, 0.717) is 12.2 Å². The second kappa shape index (κ2) is 7.11. The molecule has 0 unspecified atom stereocenters. The summed E-state index contributed by atoms with van der Waals surface area (Å²) in [6.45, 7) is 3.40. The van der Waals surface area contributed by atoms with Crippen molar-refractivity contribution in [2.24, 2.45) is 0 Å². The van der Waals surface area contributed by atoms with E-state index in [1.165, 1.54) is 18.4 Å². The molecule has 0 radical (unpaired) electrons. The van der Waals surface area contributed by atoms with Crippen LogP contribution in [0.25, 0.3) is 11.0 Å². The van der Waals surface area contributed by atoms with Crippen LogP contribution in [0.4, 0.5) is 0 Å². The number of nitrogens with one attached hydrogen (secondary N) is 1. The normalized spacial score (nSPS) is 9.37. The first-order valence-electron chi connectivity index (χ1n) is 5.30. The van der Waals surface area contributed by atoms with Gasteiger partial charge in [0, 0.05) is 38.2 Å². The third kappa shape index (κ3) is 3.68. The summed E-state index contributed by atoms with van der Waals surface area (Å²) in [7, 11) is 0. The quantitative estimate of drug-likeness (QED) is 0.925. The van der Waals surface area contributed by atoms with Crippen molar-refractivity contribution in [1.29, 1.82) is 0 Å². The monoisotopic (exact) mass is 303 g/mol. The highest BCUT2D eigenvalue weighted by molar-refractivity contribution is 5.90. The summed E-state index contributed by atoms with van der Waals surface area (Å²) in [5, 5.41) is 3.62. The Bertz CT molecular complexity index is 596. The van der Waals surface area contributed by atoms with Crippen LogP contribution in [0, 0.1) is 0 Å². The van der Waals surface area contributed by atoms with E-state index in [1.807, 2.05) is 12.1 Å². The lowest BCUT2D eigenvalue weighted by molar-refractivity contribution is -0.119. The summed E-state index contributed by atoms with van der Waals surface area (Å²) in [6, 6.07) is 3.67. The molecule has 0 saturated heterocycles. The van der Waals surface area contributed by atoms with Gasteiger partial charge in [-0.25, -0.2) is 4.98 Å². The predicted molar refractivity (Wildman–Crippen MR) is 78.1 cm³/mol. The Morgan fingerprint density at radius 2 is 1.95 bits per heavy atom. The van der Waals surface area contributed by atoms with Crippen LogP contribution >= 0.6 is 24.8 Å². The van der Waals surface area contributed by atoms with Crippen molar-refractivity contribution in [3.05, 3.63) is 30.1 Å². The van der Waals surface area contributed by atoms with Gasteiger partial charge in [0.15, 0.2) is 0 Å². The number of rotatable bonds is 2. The highest BCUT2D eigenvalue weighted by Gasteiger charge is 2.09. The molecule has 104 valence electrons. The topological polar surface area (TPSA) is 64.0 Å². The zero-order chi connectivity index (χ0) is 12.4. The molecule has 1 N–H and O–H groups in total. The average Bonchev–Trinajstić information content (AvgIpc) is 2.70. The van der Waals surface area contributed by atoms with Gasteiger partial charge in [-0.1, -0.05) is 0 Å². The number of halogens is 2. The van der Waals surface area contributed by atoms with E-state index < -0.39 is 0 Å². The maximum Gasteiger partial charge on any atom is 0.229 e. The van der Waals surface area contributed by atoms with Crippen LogP contribution in [0.3, 0.4) is 0 Å². The summed E-state index contributed by atoms with van der Waals surface area (Å²) >= 11 is 0. The molecule has 0 aliphatic carbocycles. The number of nitrogens with zero attached hydrogens (tertiary/aromatic N) is 2. The second-order valence-electron chi connectivity index (χ2n) is 3.82. The Kier molecular flexibility index (Phi) is 6.52. The molecule has 2 aromatic heterocycles. The fourth-order valence-corrected chi connectivity index (χ4v) is 1.72. The molecule has 0 aromatic carbocycles. The van der Waals surface area contributed by atoms with Crippen molar-refractivity contribution in [3.63, 3.8) is 0 Å². The van der Waals surface area contributed by atoms with E-state index in [1.54, 1.807) is 12.4 Å². The van der Waals surface area contributed by atoms with Crippen LogP contribution in [0.2, 0.25) is 0 Å². The number of carbonyl (C=O) groups is 2. The molecule has 0 bridgehead atoms. The molecule has 2 aromatic rings. The van der Waals surface area contributed by atoms with Crippen molar-refractivity contribution < 1.29 is 9.59 Å². The first-order chi connectivity index (χ1) is 8.09. The largest absolute Gasteiger partial charge is 0.352 e. The van der Waals surface area contributed by atoms with E-state index in [0.717, 1.165) is 10.9 Å². The van der Waals surface area contributed by atoms with Crippen molar-refractivity contribution in [3.8, 4) is 0 Å². The minimum atomic E-state index is -0.0824. The zero-order valence-electron chi connectivity index (χ0n) is 10.5. The molecule has 2 rings (SSSR count). The van der Waals surface area contributed by atoms with Crippen LogP contribution < -0.4 is 5.32 Å². The van der Waals surface area contributed by atoms with Crippen molar-refractivity contribution >= 4 is 47.7 Å². The molecule has 0 atom stereocenters. The molecule has 0 fully saturated rings. The number of pyridine rings is 1. The zero-order valence-corrected chi connectivity index (χ0v) is 12.2. The van der Waals surface area contributed by atoms with Crippen LogP contribution in [0.1, 0.15) is 24.2 Å². The Labute approximate surface area is 123 Å². The number of amides is 1. The van der Waals surface area contributed by atoms with Crippen molar-refractivity contribution in [1.82, 2.24) is 14.9 Å². The van der Waals surface area contributed by atoms with Crippen LogP contribution in [-0.4, -0.2) is 21.4 Å². The van der Waals surface area contributed by atoms with Gasteiger partial charge < -0.3 is 5.32 Å². The summed E-state index contributed by atoms with van der Waals surface area (Å²) in [5.74, 6) is -0.162. The van der Waals surface area contributed by atoms with Gasteiger partial charge >= 0.3 is 0 Å². The summed E-state index contributed by atoms with van der Waals surface area (Å²) in [6.07, 6.45) is 3.33. The van der Waals surface area contributed by atoms with Gasteiger partial charge in [0.1, 0.15) is 5.65 Å². The van der Waals surface area contributed by atoms with E-state index in [4.69, 9.17) is 0 Å². The smallest absolute Gasteiger partial charge is 0.229 e. The number of aromatic nitrogens is 2. The Hall–Kier alpha value is -1.59. The molecule has 0 spiro atoms. The van der Waals surface area contributed by atoms with E-state index in [9.17, 15) is 9.59 Å². The highest BCUT2D eigenvalue weighted by atomic mass is 35.5. The van der Waals surface area contributed by atoms with Crippen LogP contribution in [-0.2, 0) is 11.3 Å². The van der Waals surface area contributed by atoms with Gasteiger partial charge in [-0.15, -0.1) is 24.8 Å². The fraction of sp³-hybridized carbons (Fsp3) is 0.250. The first-order valence-corrected chi connectivity index (χ1v) is 5.30. The van der Waals surface area contributed by atoms with Gasteiger partial charge in [-0.3, -0.25) is 14.2 Å². The molecule has 0 saturated carbocycles. The van der Waals surface area contributed by atoms with Crippen LogP contribution in [0.5, 0.6) is 0 Å². The standard InChI is InChI=1S/C12H13N3O2.2ClH/c1-8(16)14-7-10-3-5-13-12-11(10)4-6-15(12)9(2)17;;/h3-6H,7H2,1-2H3,(H,14,16);2*1H. The maximum absolute atomic E-state index is 11.4. The van der Waals surface area contributed by atoms with E-state index in [-0.39, 0.29) is 36.6 Å². The lowest BCUT2D eigenvalue weighted by Gasteiger charge is -2.04. The molecular formula is C12H15Cl2N3O2. The minimum absolute atomic E-state index is 0. The SMILES string of the molecule is CC(=O)NCc1ccnc2c1ccn2C(C)=O.Cl.Cl. The summed E-state index contributed by atoms with van der Waals surface area (Å²) in [4.78, 5) is 26.4. The molecule has 2 heterocycles. The van der Waals surface area contributed by atoms with Crippen molar-refractivity contribution in [2.45, 2.75) is 20.4 Å². The summed E-state index contributed by atoms with van der Waals surface area (Å²) in [5.41, 5.74) is 1.57. The highest BCUT2D eigenvalue weighted by Crippen LogP contribution is 2.17. The Morgan fingerprint density at radius 1 is 1.26 bits per heavy atom. The Morgan fingerprint density at radius 3 is 2.53 bits per heavy atom. The Balaban J connectivity index is 0.00000162. The minimum Gasteiger partial charge on any atom is -0.352 e. The first kappa shape index (κ1) is 17.4. The van der Waals surface area contributed by atoms with Gasteiger partial charge in [0.05, 0.1) is 0 Å². The van der Waals surface area contributed by atoms with E-state index in [2.05, 4.69) is 10.3 Å². The van der Waals surface area contributed by atoms with Gasteiger partial charge in [-0.05, 0) is 17.7 Å². The van der Waals surface area contributed by atoms with Gasteiger partial charge in [-0.2, -0.15) is 0 Å². The average molecular weight is 304 g/mol. The third-order valence-corrected chi connectivity index (χ3v) is 2.54. The lowest BCUT2D eigenvalue weighted by Crippen LogP contribution is -2.19. The lowest BCUT2D eigenvalue weighted by atomic mass is 10.2. The maximum atomic E-state index is 11.4. The predicted octanol–water partition coefficient (Wildman–Crippen LogP) is 2.18. The van der Waals surface area contributed by atoms with Crippen molar-refractivity contribution in [2.75, 3.05) is 0 Å². The number of fused-ring (bicyclic) bond motifs is 1. The molecule has 0 aliphatic rings. The molecule has 19 heavy (non-hydrogen) atoms. The molecule has 7 heteroatoms. The number of carbonyl (C=O) groups excluding carboxylic acids is 2. The molecule has 5 nitrogen and oxygen atoms in total. The molecule has 0 aliphatic heterocycles. The van der Waals surface area contributed by atoms with Gasteiger partial charge in [0.25, 0.3) is 0 Å². The fourth-order valence-electron chi connectivity index (χ4n) is 1.72. The summed E-state index contributed by atoms with van der Waals surface area (Å²) < 4.78 is 1.49. The third-order valence-electron chi connectivity index (χ3n) is 2.54. The second-order valence-corrected chi connectivity index (χ2v) is 3.82. The number of hydrogen-bond donors (Lipinski definition) is 1. The number of hydrogen-bond acceptors (Lipinski definition) is 3. The van der Waals surface area contributed by atoms with Gasteiger partial charge in [0.2, 0.25) is 11.8 Å².